The molecule has 1 aromatic heterocycles. The fourth-order valence-corrected chi connectivity index (χ4v) is 5.12. The SMILES string of the molecule is c1ccc(COC[C@H]2O[C@@H](c3cccs3)[C@H](OCc3ccccc3)[C@H]2OCc2ccccc2)cc1. The molecule has 4 aromatic rings. The fourth-order valence-electron chi connectivity index (χ4n) is 4.33. The maximum Gasteiger partial charge on any atom is 0.121 e. The summed E-state index contributed by atoms with van der Waals surface area (Å²) in [6, 6.07) is 34.8. The molecule has 0 spiro atoms. The van der Waals surface area contributed by atoms with Gasteiger partial charge in [-0.25, -0.2) is 0 Å². The predicted molar refractivity (Wildman–Crippen MR) is 138 cm³/mol. The lowest BCUT2D eigenvalue weighted by Gasteiger charge is -2.25. The molecular weight excluding hydrogens is 456 g/mol. The average Bonchev–Trinajstić information content (AvgIpc) is 3.56. The van der Waals surface area contributed by atoms with E-state index in [9.17, 15) is 0 Å². The van der Waals surface area contributed by atoms with Gasteiger partial charge in [-0.05, 0) is 28.1 Å². The highest BCUT2D eigenvalue weighted by molar-refractivity contribution is 7.10. The van der Waals surface area contributed by atoms with Crippen molar-refractivity contribution in [1.82, 2.24) is 0 Å². The number of thiophene rings is 1. The van der Waals surface area contributed by atoms with Crippen molar-refractivity contribution in [3.63, 3.8) is 0 Å². The molecule has 1 aliphatic rings. The van der Waals surface area contributed by atoms with Crippen molar-refractivity contribution >= 4 is 11.3 Å². The molecule has 35 heavy (non-hydrogen) atoms. The summed E-state index contributed by atoms with van der Waals surface area (Å²) < 4.78 is 25.7. The van der Waals surface area contributed by atoms with E-state index in [2.05, 4.69) is 53.9 Å². The Hall–Kier alpha value is -2.80. The van der Waals surface area contributed by atoms with Crippen LogP contribution in [-0.2, 0) is 38.8 Å². The van der Waals surface area contributed by atoms with Gasteiger partial charge in [0, 0.05) is 4.88 Å². The minimum Gasteiger partial charge on any atom is -0.374 e. The predicted octanol–water partition coefficient (Wildman–Crippen LogP) is 6.58. The molecule has 180 valence electrons. The van der Waals surface area contributed by atoms with E-state index < -0.39 is 0 Å². The van der Waals surface area contributed by atoms with Crippen LogP contribution in [0, 0.1) is 0 Å². The zero-order valence-electron chi connectivity index (χ0n) is 19.6. The highest BCUT2D eigenvalue weighted by atomic mass is 32.1. The van der Waals surface area contributed by atoms with Gasteiger partial charge in [0.1, 0.15) is 24.4 Å². The van der Waals surface area contributed by atoms with Crippen molar-refractivity contribution in [2.45, 2.75) is 44.2 Å². The topological polar surface area (TPSA) is 36.9 Å². The first-order chi connectivity index (χ1) is 17.4. The van der Waals surface area contributed by atoms with Gasteiger partial charge in [0.2, 0.25) is 0 Å². The molecule has 0 saturated carbocycles. The second-order valence-corrected chi connectivity index (χ2v) is 9.61. The third-order valence-electron chi connectivity index (χ3n) is 6.10. The quantitative estimate of drug-likeness (QED) is 0.240. The lowest BCUT2D eigenvalue weighted by Crippen LogP contribution is -2.37. The van der Waals surface area contributed by atoms with E-state index in [1.54, 1.807) is 11.3 Å². The first kappa shape index (κ1) is 23.9. The molecule has 1 aliphatic heterocycles. The molecule has 2 heterocycles. The van der Waals surface area contributed by atoms with Crippen molar-refractivity contribution < 1.29 is 18.9 Å². The van der Waals surface area contributed by atoms with Gasteiger partial charge in [0.25, 0.3) is 0 Å². The van der Waals surface area contributed by atoms with Crippen LogP contribution in [0.5, 0.6) is 0 Å². The molecule has 4 atom stereocenters. The minimum atomic E-state index is -0.262. The van der Waals surface area contributed by atoms with Gasteiger partial charge in [-0.15, -0.1) is 11.3 Å². The van der Waals surface area contributed by atoms with Crippen LogP contribution >= 0.6 is 11.3 Å². The normalized spacial score (nSPS) is 21.8. The number of hydrogen-bond donors (Lipinski definition) is 0. The molecule has 0 radical (unpaired) electrons. The Balaban J connectivity index is 1.33. The van der Waals surface area contributed by atoms with E-state index in [1.807, 2.05) is 54.6 Å². The average molecular weight is 487 g/mol. The molecule has 5 rings (SSSR count). The highest BCUT2D eigenvalue weighted by Gasteiger charge is 2.47. The molecular formula is C30H30O4S. The Labute approximate surface area is 211 Å². The molecule has 0 unspecified atom stereocenters. The number of ether oxygens (including phenoxy) is 4. The first-order valence-electron chi connectivity index (χ1n) is 12.0. The van der Waals surface area contributed by atoms with Crippen LogP contribution in [0.3, 0.4) is 0 Å². The molecule has 3 aromatic carbocycles. The Morgan fingerprint density at radius 1 is 0.600 bits per heavy atom. The summed E-state index contributed by atoms with van der Waals surface area (Å²) in [5.41, 5.74) is 3.39. The van der Waals surface area contributed by atoms with Gasteiger partial charge < -0.3 is 18.9 Å². The van der Waals surface area contributed by atoms with Gasteiger partial charge in [-0.3, -0.25) is 0 Å². The Kier molecular flexibility index (Phi) is 8.37. The summed E-state index contributed by atoms with van der Waals surface area (Å²) in [6.07, 6.45) is -0.954. The van der Waals surface area contributed by atoms with E-state index >= 15 is 0 Å². The van der Waals surface area contributed by atoms with E-state index in [-0.39, 0.29) is 24.4 Å². The van der Waals surface area contributed by atoms with Gasteiger partial charge in [-0.2, -0.15) is 0 Å². The Bertz CT molecular complexity index is 1120. The summed E-state index contributed by atoms with van der Waals surface area (Å²) in [5.74, 6) is 0. The zero-order valence-corrected chi connectivity index (χ0v) is 20.4. The molecule has 0 bridgehead atoms. The number of benzene rings is 3. The van der Waals surface area contributed by atoms with Crippen LogP contribution in [0.15, 0.2) is 109 Å². The molecule has 4 nitrogen and oxygen atoms in total. The van der Waals surface area contributed by atoms with Gasteiger partial charge >= 0.3 is 0 Å². The van der Waals surface area contributed by atoms with Crippen LogP contribution in [0.4, 0.5) is 0 Å². The molecule has 1 saturated heterocycles. The van der Waals surface area contributed by atoms with E-state index in [0.717, 1.165) is 21.6 Å². The Morgan fingerprint density at radius 3 is 1.69 bits per heavy atom. The molecule has 5 heteroatoms. The lowest BCUT2D eigenvalue weighted by atomic mass is 10.1. The number of hydrogen-bond acceptors (Lipinski definition) is 5. The van der Waals surface area contributed by atoms with Crippen molar-refractivity contribution in [3.05, 3.63) is 130 Å². The lowest BCUT2D eigenvalue weighted by molar-refractivity contribution is -0.0898. The highest BCUT2D eigenvalue weighted by Crippen LogP contribution is 2.40. The van der Waals surface area contributed by atoms with Crippen LogP contribution in [0.2, 0.25) is 0 Å². The van der Waals surface area contributed by atoms with Gasteiger partial charge in [-0.1, -0.05) is 97.1 Å². The standard InChI is InChI=1S/C30H30O4S/c1-4-11-23(12-5-1)19-31-22-26-28(32-20-24-13-6-2-7-14-24)30(29(34-26)27-17-10-18-35-27)33-21-25-15-8-3-9-16-25/h1-18,26,28-30H,19-22H2/t26-,28+,29+,30-/m1/s1. The van der Waals surface area contributed by atoms with Crippen LogP contribution < -0.4 is 0 Å². The van der Waals surface area contributed by atoms with Crippen LogP contribution in [0.25, 0.3) is 0 Å². The second kappa shape index (κ2) is 12.2. The van der Waals surface area contributed by atoms with Crippen LogP contribution in [-0.4, -0.2) is 24.9 Å². The summed E-state index contributed by atoms with van der Waals surface area (Å²) in [7, 11) is 0. The maximum absolute atomic E-state index is 6.58. The maximum atomic E-state index is 6.58. The zero-order chi connectivity index (χ0) is 23.7. The van der Waals surface area contributed by atoms with Crippen molar-refractivity contribution in [1.29, 1.82) is 0 Å². The molecule has 1 fully saturated rings. The summed E-state index contributed by atoms with van der Waals surface area (Å²) in [5, 5.41) is 2.08. The van der Waals surface area contributed by atoms with Crippen molar-refractivity contribution in [2.75, 3.05) is 6.61 Å². The van der Waals surface area contributed by atoms with E-state index in [4.69, 9.17) is 18.9 Å². The largest absolute Gasteiger partial charge is 0.374 e. The van der Waals surface area contributed by atoms with Crippen molar-refractivity contribution in [2.24, 2.45) is 0 Å². The van der Waals surface area contributed by atoms with Crippen molar-refractivity contribution in [3.8, 4) is 0 Å². The minimum absolute atomic E-state index is 0.204. The van der Waals surface area contributed by atoms with Gasteiger partial charge in [0.15, 0.2) is 0 Å². The summed E-state index contributed by atoms with van der Waals surface area (Å²) >= 11 is 1.68. The Morgan fingerprint density at radius 2 is 1.14 bits per heavy atom. The number of rotatable bonds is 11. The smallest absolute Gasteiger partial charge is 0.121 e. The third kappa shape index (κ3) is 6.45. The first-order valence-corrected chi connectivity index (χ1v) is 12.9. The summed E-state index contributed by atoms with van der Waals surface area (Å²) in [4.78, 5) is 1.14. The second-order valence-electron chi connectivity index (χ2n) is 8.63. The third-order valence-corrected chi connectivity index (χ3v) is 7.03. The van der Waals surface area contributed by atoms with E-state index in [1.165, 1.54) is 0 Å². The van der Waals surface area contributed by atoms with Crippen LogP contribution in [0.1, 0.15) is 27.7 Å². The fraction of sp³-hybridized carbons (Fsp3) is 0.267. The molecule has 0 amide bonds. The monoisotopic (exact) mass is 486 g/mol. The van der Waals surface area contributed by atoms with E-state index in [0.29, 0.717) is 26.4 Å². The van der Waals surface area contributed by atoms with Gasteiger partial charge in [0.05, 0.1) is 26.4 Å². The molecule has 0 aliphatic carbocycles. The summed E-state index contributed by atoms with van der Waals surface area (Å²) in [6.45, 7) is 1.96. The molecule has 0 N–H and O–H groups in total.